The molecular weight excluding hydrogens is 191 g/mol. The van der Waals surface area contributed by atoms with Gasteiger partial charge in [-0.15, -0.1) is 11.6 Å². The van der Waals surface area contributed by atoms with Gasteiger partial charge in [0.05, 0.1) is 7.11 Å². The first-order valence-electron chi connectivity index (χ1n) is 3.83. The van der Waals surface area contributed by atoms with Crippen LogP contribution >= 0.6 is 11.6 Å². The Kier molecular flexibility index (Phi) is 3.77. The van der Waals surface area contributed by atoms with Gasteiger partial charge in [-0.05, 0) is 17.7 Å². The third-order valence-electron chi connectivity index (χ3n) is 1.53. The van der Waals surface area contributed by atoms with E-state index in [4.69, 9.17) is 16.3 Å². The predicted molar refractivity (Wildman–Crippen MR) is 52.7 cm³/mol. The highest BCUT2D eigenvalue weighted by atomic mass is 35.5. The Balaban J connectivity index is 2.94. The maximum atomic E-state index is 12.9. The van der Waals surface area contributed by atoms with Crippen molar-refractivity contribution in [1.29, 1.82) is 0 Å². The second-order valence-corrected chi connectivity index (χ2v) is 2.79. The summed E-state index contributed by atoms with van der Waals surface area (Å²) in [5, 5.41) is 0. The summed E-state index contributed by atoms with van der Waals surface area (Å²) in [6, 6.07) is 4.50. The lowest BCUT2D eigenvalue weighted by molar-refractivity contribution is 0.411. The SMILES string of the molecule is COc1cc(F)cc(C=CCCl)c1. The van der Waals surface area contributed by atoms with Crippen LogP contribution in [0.25, 0.3) is 6.08 Å². The van der Waals surface area contributed by atoms with Gasteiger partial charge < -0.3 is 4.74 Å². The van der Waals surface area contributed by atoms with Gasteiger partial charge in [-0.3, -0.25) is 0 Å². The number of allylic oxidation sites excluding steroid dienone is 1. The smallest absolute Gasteiger partial charge is 0.127 e. The Morgan fingerprint density at radius 1 is 1.46 bits per heavy atom. The van der Waals surface area contributed by atoms with E-state index < -0.39 is 0 Å². The van der Waals surface area contributed by atoms with Crippen molar-refractivity contribution < 1.29 is 9.13 Å². The third kappa shape index (κ3) is 3.07. The first-order valence-corrected chi connectivity index (χ1v) is 4.37. The lowest BCUT2D eigenvalue weighted by Crippen LogP contribution is -1.85. The van der Waals surface area contributed by atoms with Crippen molar-refractivity contribution >= 4 is 17.7 Å². The Bertz CT molecular complexity index is 310. The molecule has 1 nitrogen and oxygen atoms in total. The fourth-order valence-electron chi connectivity index (χ4n) is 0.979. The van der Waals surface area contributed by atoms with E-state index in [0.717, 1.165) is 5.56 Å². The fraction of sp³-hybridized carbons (Fsp3) is 0.200. The van der Waals surface area contributed by atoms with Crippen molar-refractivity contribution in [3.63, 3.8) is 0 Å². The zero-order valence-electron chi connectivity index (χ0n) is 7.26. The van der Waals surface area contributed by atoms with Crippen LogP contribution < -0.4 is 4.74 Å². The molecule has 0 atom stereocenters. The quantitative estimate of drug-likeness (QED) is 0.682. The van der Waals surface area contributed by atoms with Crippen molar-refractivity contribution in [3.8, 4) is 5.75 Å². The average molecular weight is 201 g/mol. The van der Waals surface area contributed by atoms with Gasteiger partial charge in [0, 0.05) is 11.9 Å². The van der Waals surface area contributed by atoms with E-state index in [1.165, 1.54) is 19.2 Å². The van der Waals surface area contributed by atoms with Gasteiger partial charge in [0.1, 0.15) is 11.6 Å². The molecule has 0 aliphatic heterocycles. The van der Waals surface area contributed by atoms with Crippen molar-refractivity contribution in [2.24, 2.45) is 0 Å². The molecule has 0 radical (unpaired) electrons. The van der Waals surface area contributed by atoms with E-state index in [-0.39, 0.29) is 5.82 Å². The van der Waals surface area contributed by atoms with Gasteiger partial charge >= 0.3 is 0 Å². The number of hydrogen-bond donors (Lipinski definition) is 0. The van der Waals surface area contributed by atoms with Gasteiger partial charge in [0.25, 0.3) is 0 Å². The van der Waals surface area contributed by atoms with Crippen molar-refractivity contribution in [3.05, 3.63) is 35.7 Å². The molecule has 0 N–H and O–H groups in total. The highest BCUT2D eigenvalue weighted by molar-refractivity contribution is 6.19. The molecule has 1 rings (SSSR count). The Labute approximate surface area is 81.8 Å². The molecular formula is C10H10ClFO. The molecule has 1 aromatic carbocycles. The van der Waals surface area contributed by atoms with E-state index >= 15 is 0 Å². The van der Waals surface area contributed by atoms with Crippen LogP contribution in [0.15, 0.2) is 24.3 Å². The summed E-state index contributed by atoms with van der Waals surface area (Å²) < 4.78 is 17.8. The molecule has 0 saturated carbocycles. The number of benzene rings is 1. The third-order valence-corrected chi connectivity index (χ3v) is 1.71. The standard InChI is InChI=1S/C10H10ClFO/c1-13-10-6-8(3-2-4-11)5-9(12)7-10/h2-3,5-7H,4H2,1H3. The molecule has 0 aliphatic rings. The molecule has 0 aromatic heterocycles. The Morgan fingerprint density at radius 3 is 2.85 bits per heavy atom. The zero-order chi connectivity index (χ0) is 9.68. The number of methoxy groups -OCH3 is 1. The van der Waals surface area contributed by atoms with Gasteiger partial charge in [-0.1, -0.05) is 12.2 Å². The molecule has 13 heavy (non-hydrogen) atoms. The summed E-state index contributed by atoms with van der Waals surface area (Å²) in [5.74, 6) is 0.613. The molecule has 70 valence electrons. The molecule has 0 saturated heterocycles. The first-order chi connectivity index (χ1) is 6.26. The molecule has 0 spiro atoms. The van der Waals surface area contributed by atoms with Crippen LogP contribution in [0.3, 0.4) is 0 Å². The van der Waals surface area contributed by atoms with Gasteiger partial charge in [0.2, 0.25) is 0 Å². The second kappa shape index (κ2) is 4.87. The Hall–Kier alpha value is -1.02. The van der Waals surface area contributed by atoms with Gasteiger partial charge in [-0.25, -0.2) is 4.39 Å². The average Bonchev–Trinajstić information content (AvgIpc) is 2.14. The number of alkyl halides is 1. The molecule has 0 unspecified atom stereocenters. The first kappa shape index (κ1) is 10.1. The topological polar surface area (TPSA) is 9.23 Å². The Morgan fingerprint density at radius 2 is 2.23 bits per heavy atom. The van der Waals surface area contributed by atoms with E-state index in [1.807, 2.05) is 0 Å². The van der Waals surface area contributed by atoms with Crippen LogP contribution in [-0.4, -0.2) is 13.0 Å². The van der Waals surface area contributed by atoms with Crippen LogP contribution in [0, 0.1) is 5.82 Å². The van der Waals surface area contributed by atoms with E-state index in [2.05, 4.69) is 0 Å². The summed E-state index contributed by atoms with van der Waals surface area (Å²) in [5.41, 5.74) is 0.748. The number of rotatable bonds is 3. The summed E-state index contributed by atoms with van der Waals surface area (Å²) in [6.45, 7) is 0. The monoisotopic (exact) mass is 200 g/mol. The van der Waals surface area contributed by atoms with Crippen LogP contribution in [0.4, 0.5) is 4.39 Å². The molecule has 0 aliphatic carbocycles. The van der Waals surface area contributed by atoms with E-state index in [1.54, 1.807) is 18.2 Å². The summed E-state index contributed by atoms with van der Waals surface area (Å²) in [7, 11) is 1.50. The summed E-state index contributed by atoms with van der Waals surface area (Å²) in [4.78, 5) is 0. The predicted octanol–water partition coefficient (Wildman–Crippen LogP) is 3.09. The largest absolute Gasteiger partial charge is 0.497 e. The minimum absolute atomic E-state index is 0.312. The fourth-order valence-corrected chi connectivity index (χ4v) is 1.07. The number of hydrogen-bond acceptors (Lipinski definition) is 1. The van der Waals surface area contributed by atoms with Crippen LogP contribution in [-0.2, 0) is 0 Å². The molecule has 0 bridgehead atoms. The van der Waals surface area contributed by atoms with Crippen LogP contribution in [0.5, 0.6) is 5.75 Å². The van der Waals surface area contributed by atoms with Crippen LogP contribution in [0.2, 0.25) is 0 Å². The molecule has 0 amide bonds. The highest BCUT2D eigenvalue weighted by Gasteiger charge is 1.97. The summed E-state index contributed by atoms with van der Waals surface area (Å²) >= 11 is 5.45. The van der Waals surface area contributed by atoms with Crippen LogP contribution in [0.1, 0.15) is 5.56 Å². The summed E-state index contributed by atoms with van der Waals surface area (Å²) in [6.07, 6.45) is 3.49. The molecule has 3 heteroatoms. The van der Waals surface area contributed by atoms with E-state index in [9.17, 15) is 4.39 Å². The zero-order valence-corrected chi connectivity index (χ0v) is 8.01. The van der Waals surface area contributed by atoms with Gasteiger partial charge in [-0.2, -0.15) is 0 Å². The van der Waals surface area contributed by atoms with E-state index in [0.29, 0.717) is 11.6 Å². The minimum atomic E-state index is -0.312. The van der Waals surface area contributed by atoms with Crippen molar-refractivity contribution in [2.45, 2.75) is 0 Å². The lowest BCUT2D eigenvalue weighted by Gasteiger charge is -2.01. The highest BCUT2D eigenvalue weighted by Crippen LogP contribution is 2.16. The number of ether oxygens (including phenoxy) is 1. The lowest BCUT2D eigenvalue weighted by atomic mass is 10.2. The van der Waals surface area contributed by atoms with Gasteiger partial charge in [0.15, 0.2) is 0 Å². The maximum absolute atomic E-state index is 12.9. The molecule has 1 aromatic rings. The van der Waals surface area contributed by atoms with Crippen molar-refractivity contribution in [2.75, 3.05) is 13.0 Å². The molecule has 0 fully saturated rings. The molecule has 0 heterocycles. The maximum Gasteiger partial charge on any atom is 0.127 e. The van der Waals surface area contributed by atoms with Crippen molar-refractivity contribution in [1.82, 2.24) is 0 Å². The minimum Gasteiger partial charge on any atom is -0.497 e. The number of halogens is 2. The normalized spacial score (nSPS) is 10.7. The second-order valence-electron chi connectivity index (χ2n) is 2.48.